The summed E-state index contributed by atoms with van der Waals surface area (Å²) in [5.41, 5.74) is 6.81. The molecule has 0 spiro atoms. The van der Waals surface area contributed by atoms with Crippen LogP contribution in [0.25, 0.3) is 10.3 Å². The molecule has 0 radical (unpaired) electrons. The molecule has 3 N–H and O–H groups in total. The zero-order valence-electron chi connectivity index (χ0n) is 80.5. The minimum Gasteiger partial charge on any atom is -0.382 e. The molecule has 56 heteroatoms. The number of halogens is 11. The van der Waals surface area contributed by atoms with Crippen LogP contribution >= 0.6 is 120 Å². The van der Waals surface area contributed by atoms with E-state index in [0.29, 0.717) is 173 Å². The summed E-state index contributed by atoms with van der Waals surface area (Å²) in [6, 6.07) is 25.1. The summed E-state index contributed by atoms with van der Waals surface area (Å²) in [5.74, 6) is 0.643. The van der Waals surface area contributed by atoms with E-state index in [4.69, 9.17) is 87.9 Å². The molecular weight excluding hydrogens is 2180 g/mol. The van der Waals surface area contributed by atoms with Gasteiger partial charge in [-0.15, -0.1) is 51.2 Å². The van der Waals surface area contributed by atoms with E-state index in [9.17, 15) is 59.2 Å². The molecule has 145 heavy (non-hydrogen) atoms. The number of nitrogens with one attached hydrogen (secondary N) is 1. The van der Waals surface area contributed by atoms with Crippen molar-refractivity contribution < 1.29 is 107 Å². The molecule has 3 aromatic carbocycles. The Labute approximate surface area is 909 Å². The summed E-state index contributed by atoms with van der Waals surface area (Å²) >= 11 is 18.8. The first-order chi connectivity index (χ1) is 68.4. The summed E-state index contributed by atoms with van der Waals surface area (Å²) in [7, 11) is 0. The zero-order valence-corrected chi connectivity index (χ0v) is 92.5. The number of benzene rings is 3. The van der Waals surface area contributed by atoms with E-state index in [0.717, 1.165) is 120 Å². The fourth-order valence-electron chi connectivity index (χ4n) is 13.0. The number of nitrogen functional groups attached to an aromatic ring is 1. The number of anilines is 7. The summed E-state index contributed by atoms with van der Waals surface area (Å²) in [4.78, 5) is 79.0. The number of hydrogen-bond acceptors (Lipinski definition) is 38. The van der Waals surface area contributed by atoms with Crippen molar-refractivity contribution in [3.8, 4) is 55.0 Å². The molecule has 35 nitrogen and oxygen atoms in total. The van der Waals surface area contributed by atoms with Crippen molar-refractivity contribution in [2.75, 3.05) is 224 Å². The average Bonchev–Trinajstić information content (AvgIpc) is 1.63. The largest absolute Gasteiger partial charge is 1.00 e. The number of aromatic nitrogens is 5. The van der Waals surface area contributed by atoms with Crippen LogP contribution < -0.4 is 70.5 Å². The second-order valence-corrected chi connectivity index (χ2v) is 37.3. The maximum Gasteiger partial charge on any atom is 1.00 e. The predicted molar refractivity (Wildman–Crippen MR) is 558 cm³/mol. The van der Waals surface area contributed by atoms with Crippen molar-refractivity contribution in [2.45, 2.75) is 78.5 Å². The number of amides is 2. The van der Waals surface area contributed by atoms with Gasteiger partial charge in [0.05, 0.1) is 120 Å². The number of carbonyl (C=O) groups excluding carboxylic acids is 2. The Hall–Kier alpha value is -10.1. The normalized spacial score (nSPS) is 14.3. The number of thioether (sulfide) groups is 4. The zero-order chi connectivity index (χ0) is 106. The van der Waals surface area contributed by atoms with Crippen LogP contribution in [0.15, 0.2) is 80.4 Å². The fourth-order valence-corrected chi connectivity index (χ4v) is 19.4. The average molecular weight is 2280 g/mol. The van der Waals surface area contributed by atoms with E-state index in [2.05, 4.69) is 88.8 Å². The van der Waals surface area contributed by atoms with Crippen LogP contribution in [-0.2, 0) is 88.5 Å². The van der Waals surface area contributed by atoms with Crippen LogP contribution in [0.1, 0.15) is 84.2 Å². The van der Waals surface area contributed by atoms with E-state index in [1.54, 1.807) is 49.8 Å². The molecule has 2 amide bonds. The Kier molecular flexibility index (Phi) is 60.9. The van der Waals surface area contributed by atoms with Gasteiger partial charge in [-0.05, 0) is 98.0 Å². The van der Waals surface area contributed by atoms with E-state index in [1.807, 2.05) is 51.3 Å². The van der Waals surface area contributed by atoms with Gasteiger partial charge in [-0.2, -0.15) is 86.6 Å². The van der Waals surface area contributed by atoms with E-state index in [1.165, 1.54) is 151 Å². The van der Waals surface area contributed by atoms with Crippen LogP contribution in [0.4, 0.5) is 77.5 Å². The molecule has 14 rings (SSSR count). The Morgan fingerprint density at radius 1 is 0.538 bits per heavy atom. The number of hydrogen-bond donors (Lipinski definition) is 2. The van der Waals surface area contributed by atoms with Gasteiger partial charge in [0.25, 0.3) is 0 Å². The molecule has 0 bridgehead atoms. The van der Waals surface area contributed by atoms with E-state index >= 15 is 0 Å². The van der Waals surface area contributed by atoms with Gasteiger partial charge in [0.15, 0.2) is 63.7 Å². The molecule has 774 valence electrons. The first-order valence-electron chi connectivity index (χ1n) is 42.6. The number of ether oxygens (including phenoxy) is 6. The second-order valence-electron chi connectivity index (χ2n) is 29.0. The van der Waals surface area contributed by atoms with E-state index in [-0.39, 0.29) is 95.2 Å². The maximum atomic E-state index is 13.3. The van der Waals surface area contributed by atoms with Gasteiger partial charge in [-0.25, -0.2) is 25.2 Å². The van der Waals surface area contributed by atoms with Crippen molar-refractivity contribution in [1.82, 2.24) is 34.3 Å². The number of pyridine rings is 1. The summed E-state index contributed by atoms with van der Waals surface area (Å²) < 4.78 is 151. The number of fused-ring (bicyclic) bond motifs is 1. The Balaban J connectivity index is 0.000000434. The molecule has 0 atom stereocenters. The van der Waals surface area contributed by atoms with Gasteiger partial charge < -0.3 is 80.4 Å². The summed E-state index contributed by atoms with van der Waals surface area (Å²) in [6.45, 7) is 28.4. The van der Waals surface area contributed by atoms with Crippen molar-refractivity contribution >= 4 is 208 Å². The molecular formula is C89H103BrClF9N26NaO9S9+. The number of nitriles is 9. The number of thiazole rings is 4. The number of amidine groups is 2. The molecule has 6 saturated heterocycles. The standard InChI is InChI=1S/C20H20F3N3O2S.C19H19F3N4O2S.C10H12N4O2S.C9H8BrF3.2C8H10N4OS.C7H11N3OS.C4H6N2S2.C2H2ClN.C2H2N.Na.H2S/c1-12-10-16(27)17-18(24-19(29-17)25-6-8-28-9-7-25)26(12)11-14-4-3-5-15(13(14)2)20(21,22)23;1-12-14(4-3-5-15(12)19(20,21)22)11-26(13(2)27)17-16(10-23)29-18(24-17)25-6-8-28-9-7-25;1-7(15)12-9-8(6-11)17-10(13-9)14-2-4-16-5-3-14;1-6-7(5-10)3-2-4-8(6)9(11,12)13;9-5-6-7(10)11-8(14-6)12-1-3-13-4-2-12;9-1-6-14-8(11-7-10)12-2-4-13-5-3-12;1-12-7(9-6-8)10-2-4-11-5-3-10;1-7-4(8-2)6-3-5;3-1-2-4;1-2-3;;/h3-5,10H,6-9,11H2,1-2H3;3-5H,6-9,11H2,1-2H3;2-5H2,1H3,(H,12,15);2-4H,5H2,1H3;1-4,10H2;2-6H2;2-5H2,1H3;1-2H3;1H2;1H2;;1H2/q;;;;;;;;;-1;+1;/p+1. The van der Waals surface area contributed by atoms with Crippen molar-refractivity contribution in [2.24, 2.45) is 15.0 Å². The fraction of sp³-hybridized carbons (Fsp3) is 0.461. The third kappa shape index (κ3) is 42.6. The summed E-state index contributed by atoms with van der Waals surface area (Å²) in [6.07, 6.45) is -2.16. The number of alkyl halides is 11. The van der Waals surface area contributed by atoms with Gasteiger partial charge in [-0.1, -0.05) is 135 Å². The molecule has 0 saturated carbocycles. The number of morpholine rings is 6. The molecule has 0 aliphatic carbocycles. The number of carbonyl (C=O) groups is 2. The quantitative estimate of drug-likeness (QED) is 0.0168. The number of nitrogens with two attached hydrogens (primary N) is 1. The minimum absolute atomic E-state index is 0. The van der Waals surface area contributed by atoms with Crippen LogP contribution in [0.2, 0.25) is 0 Å². The molecule has 6 aliphatic rings. The number of aryl methyl sites for hydroxylation is 1. The van der Waals surface area contributed by atoms with Gasteiger partial charge in [-0.3, -0.25) is 19.3 Å². The summed E-state index contributed by atoms with van der Waals surface area (Å²) in [5, 5.41) is 82.6. The topological polar surface area (TPSA) is 475 Å². The predicted octanol–water partition coefficient (Wildman–Crippen LogP) is 12.6. The Bertz CT molecular complexity index is 6020. The smallest absolute Gasteiger partial charge is 0.382 e. The van der Waals surface area contributed by atoms with Gasteiger partial charge in [0, 0.05) is 116 Å². The van der Waals surface area contributed by atoms with Crippen LogP contribution in [0, 0.1) is 137 Å². The van der Waals surface area contributed by atoms with Gasteiger partial charge in [0.1, 0.15) is 38.0 Å². The molecule has 8 aromatic rings. The van der Waals surface area contributed by atoms with Crippen molar-refractivity contribution in [1.29, 1.82) is 47.4 Å². The van der Waals surface area contributed by atoms with Crippen LogP contribution in [0.3, 0.4) is 0 Å². The van der Waals surface area contributed by atoms with Crippen molar-refractivity contribution in [3.63, 3.8) is 0 Å². The first kappa shape index (κ1) is 129. The Morgan fingerprint density at radius 2 is 0.910 bits per heavy atom. The van der Waals surface area contributed by atoms with Crippen molar-refractivity contribution in [3.05, 3.63) is 148 Å². The van der Waals surface area contributed by atoms with Gasteiger partial charge in [0.2, 0.25) is 35.8 Å². The molecule has 11 heterocycles. The van der Waals surface area contributed by atoms with Gasteiger partial charge >= 0.3 is 48.1 Å². The third-order valence-corrected chi connectivity index (χ3v) is 28.4. The van der Waals surface area contributed by atoms with E-state index < -0.39 is 41.1 Å². The Morgan fingerprint density at radius 3 is 1.28 bits per heavy atom. The first-order valence-corrected chi connectivity index (χ1v) is 52.1. The monoisotopic (exact) mass is 2280 g/mol. The number of aliphatic imine (C=N–C) groups is 3. The van der Waals surface area contributed by atoms with Crippen LogP contribution in [0.5, 0.6) is 0 Å². The molecule has 6 fully saturated rings. The third-order valence-electron chi connectivity index (χ3n) is 20.0. The molecule has 6 aliphatic heterocycles. The number of rotatable bonds is 12. The molecule has 5 aromatic heterocycles. The second kappa shape index (κ2) is 68.4. The number of nitrogens with zero attached hydrogens (tertiary/aromatic N) is 24. The van der Waals surface area contributed by atoms with Crippen LogP contribution in [-0.4, -0.2) is 249 Å². The minimum atomic E-state index is -4.48. The SMILES string of the molecule is CC(=O)N(Cc1cccc(C(F)(F)F)c1C)c1nc(N2CCOCC2)sc1C#N.CC(=O)Nc1nc(N2CCOCC2)sc1C#N.CSC(=NC#N)N1CCOCC1.CSC(=NC#N)SC.Cc1c(CBr)cccc1C(F)(F)F.Cc1c(Cn2c(C)cc(=O)c3sc(N4CCOCC4)nc32)cccc1C(F)(F)F.N#CCCl.N#CCSC(=NC#N)N1CCOCC1.N#Cc1sc(N2CCOCC2)nc1N.[CH2-]C#N.[Na+].[SH3+]. The maximum absolute atomic E-state index is 13.3. The molecule has 0 unspecified atom stereocenters.